The van der Waals surface area contributed by atoms with E-state index in [0.717, 1.165) is 23.9 Å². The topological polar surface area (TPSA) is 98.7 Å². The molecule has 178 valence electrons. The number of anilines is 1. The van der Waals surface area contributed by atoms with E-state index >= 15 is 4.39 Å². The predicted octanol–water partition coefficient (Wildman–Crippen LogP) is 1.42. The van der Waals surface area contributed by atoms with Gasteiger partial charge in [-0.05, 0) is 36.4 Å². The van der Waals surface area contributed by atoms with Gasteiger partial charge in [0, 0.05) is 57.4 Å². The average Bonchev–Trinajstić information content (AvgIpc) is 3.14. The third-order valence-electron chi connectivity index (χ3n) is 6.56. The maximum Gasteiger partial charge on any atom is 0.255 e. The van der Waals surface area contributed by atoms with Gasteiger partial charge >= 0.3 is 0 Å². The summed E-state index contributed by atoms with van der Waals surface area (Å²) in [6, 6.07) is 4.23. The van der Waals surface area contributed by atoms with E-state index in [4.69, 9.17) is 0 Å². The number of piperazine rings is 1. The van der Waals surface area contributed by atoms with Gasteiger partial charge in [-0.1, -0.05) is 11.8 Å². The number of hydrogen-bond donors (Lipinski definition) is 1. The molecule has 4 heterocycles. The first-order valence-electron chi connectivity index (χ1n) is 11.2. The first kappa shape index (κ1) is 22.7. The molecule has 2 saturated heterocycles. The molecule has 3 aliphatic heterocycles. The maximum absolute atomic E-state index is 15.1. The number of hydrogen-bond acceptors (Lipinski definition) is 8. The van der Waals surface area contributed by atoms with E-state index < -0.39 is 17.8 Å². The Morgan fingerprint density at radius 3 is 2.71 bits per heavy atom. The molecule has 1 aromatic carbocycles. The monoisotopic (exact) mass is 484 g/mol. The number of nitrogens with zero attached hydrogens (tertiary/aromatic N) is 5. The Morgan fingerprint density at radius 1 is 1.18 bits per heavy atom. The molecule has 0 saturated carbocycles. The van der Waals surface area contributed by atoms with Crippen LogP contribution in [0.15, 0.2) is 29.6 Å². The van der Waals surface area contributed by atoms with Gasteiger partial charge in [0.25, 0.3) is 5.91 Å². The molecule has 11 heteroatoms. The minimum Gasteiger partial charge on any atom is -0.367 e. The zero-order valence-electron chi connectivity index (χ0n) is 18.8. The van der Waals surface area contributed by atoms with Crippen molar-refractivity contribution < 1.29 is 18.8 Å². The molecule has 1 aromatic heterocycles. The standard InChI is InChI=1S/C23H25FN6O3S/c1-34-23-25-5-4-15(26-23)13-28-6-8-29(9-7-28)19-10-14-12-30(22(33)16(14)11-17(19)24)18-2-3-20(31)27-21(18)32/h4-5,10-11,18H,2-3,6-9,12-13H2,1H3,(H,27,31,32). The number of amides is 3. The van der Waals surface area contributed by atoms with Gasteiger partial charge in [-0.3, -0.25) is 24.6 Å². The van der Waals surface area contributed by atoms with Crippen molar-refractivity contribution in [3.63, 3.8) is 0 Å². The number of piperidine rings is 1. The Bertz CT molecular complexity index is 1150. The van der Waals surface area contributed by atoms with Crippen LogP contribution in [-0.2, 0) is 22.7 Å². The van der Waals surface area contributed by atoms with Crippen LogP contribution in [0.5, 0.6) is 0 Å². The van der Waals surface area contributed by atoms with Gasteiger partial charge < -0.3 is 9.80 Å². The van der Waals surface area contributed by atoms with Gasteiger partial charge in [-0.2, -0.15) is 0 Å². The average molecular weight is 485 g/mol. The third kappa shape index (κ3) is 4.37. The van der Waals surface area contributed by atoms with E-state index in [9.17, 15) is 14.4 Å². The SMILES string of the molecule is CSc1nccc(CN2CCN(c3cc4c(cc3F)C(=O)N(C3CCC(=O)NC3=O)C4)CC2)n1. The molecule has 0 spiro atoms. The number of halogens is 1. The lowest BCUT2D eigenvalue weighted by Gasteiger charge is -2.36. The first-order chi connectivity index (χ1) is 16.4. The van der Waals surface area contributed by atoms with Crippen molar-refractivity contribution in [3.8, 4) is 0 Å². The summed E-state index contributed by atoms with van der Waals surface area (Å²) in [6.45, 7) is 3.78. The minimum atomic E-state index is -0.707. The van der Waals surface area contributed by atoms with Crippen molar-refractivity contribution in [1.82, 2.24) is 25.1 Å². The number of imide groups is 1. The normalized spacial score (nSPS) is 21.1. The molecule has 34 heavy (non-hydrogen) atoms. The highest BCUT2D eigenvalue weighted by Gasteiger charge is 2.40. The quantitative estimate of drug-likeness (QED) is 0.387. The summed E-state index contributed by atoms with van der Waals surface area (Å²) in [5.41, 5.74) is 2.43. The van der Waals surface area contributed by atoms with E-state index in [1.807, 2.05) is 17.2 Å². The van der Waals surface area contributed by atoms with E-state index in [2.05, 4.69) is 20.2 Å². The summed E-state index contributed by atoms with van der Waals surface area (Å²) in [5, 5.41) is 3.04. The van der Waals surface area contributed by atoms with Crippen molar-refractivity contribution in [3.05, 3.63) is 47.0 Å². The summed E-state index contributed by atoms with van der Waals surface area (Å²) >= 11 is 1.51. The molecule has 1 atom stereocenters. The number of aromatic nitrogens is 2. The second-order valence-electron chi connectivity index (χ2n) is 8.66. The number of carbonyl (C=O) groups excluding carboxylic acids is 3. The molecule has 2 fully saturated rings. The van der Waals surface area contributed by atoms with E-state index in [-0.39, 0.29) is 36.8 Å². The van der Waals surface area contributed by atoms with Gasteiger partial charge in [-0.15, -0.1) is 0 Å². The fourth-order valence-corrected chi connectivity index (χ4v) is 5.13. The fourth-order valence-electron chi connectivity index (χ4n) is 4.76. The van der Waals surface area contributed by atoms with Crippen LogP contribution in [0.1, 0.15) is 34.5 Å². The van der Waals surface area contributed by atoms with Gasteiger partial charge in [-0.25, -0.2) is 14.4 Å². The Labute approximate surface area is 200 Å². The lowest BCUT2D eigenvalue weighted by molar-refractivity contribution is -0.136. The van der Waals surface area contributed by atoms with Crippen LogP contribution in [-0.4, -0.2) is 76.0 Å². The Kier molecular flexibility index (Phi) is 6.22. The highest BCUT2D eigenvalue weighted by molar-refractivity contribution is 7.98. The number of carbonyl (C=O) groups is 3. The van der Waals surface area contributed by atoms with E-state index in [1.165, 1.54) is 22.7 Å². The third-order valence-corrected chi connectivity index (χ3v) is 7.13. The molecular formula is C23H25FN6O3S. The van der Waals surface area contributed by atoms with Crippen molar-refractivity contribution >= 4 is 35.2 Å². The Balaban J connectivity index is 1.26. The summed E-state index contributed by atoms with van der Waals surface area (Å²) < 4.78 is 15.1. The smallest absolute Gasteiger partial charge is 0.255 e. The molecule has 2 aromatic rings. The molecule has 9 nitrogen and oxygen atoms in total. The first-order valence-corrected chi connectivity index (χ1v) is 12.5. The van der Waals surface area contributed by atoms with Crippen LogP contribution in [0.4, 0.5) is 10.1 Å². The number of nitrogens with one attached hydrogen (secondary N) is 1. The van der Waals surface area contributed by atoms with Crippen LogP contribution in [0, 0.1) is 5.82 Å². The number of rotatable bonds is 5. The zero-order chi connectivity index (χ0) is 23.8. The Hall–Kier alpha value is -3.05. The highest BCUT2D eigenvalue weighted by atomic mass is 32.2. The molecule has 0 radical (unpaired) electrons. The molecule has 1 N–H and O–H groups in total. The van der Waals surface area contributed by atoms with Crippen molar-refractivity contribution in [2.45, 2.75) is 37.1 Å². The number of benzene rings is 1. The van der Waals surface area contributed by atoms with Crippen LogP contribution in [0.25, 0.3) is 0 Å². The summed E-state index contributed by atoms with van der Waals surface area (Å²) in [5.74, 6) is -1.61. The summed E-state index contributed by atoms with van der Waals surface area (Å²) in [7, 11) is 0. The van der Waals surface area contributed by atoms with Crippen LogP contribution in [0.2, 0.25) is 0 Å². The van der Waals surface area contributed by atoms with E-state index in [1.54, 1.807) is 12.3 Å². The van der Waals surface area contributed by atoms with Gasteiger partial charge in [0.05, 0.1) is 11.4 Å². The van der Waals surface area contributed by atoms with E-state index in [0.29, 0.717) is 30.9 Å². The summed E-state index contributed by atoms with van der Waals surface area (Å²) in [4.78, 5) is 51.0. The van der Waals surface area contributed by atoms with Crippen LogP contribution < -0.4 is 10.2 Å². The zero-order valence-corrected chi connectivity index (χ0v) is 19.6. The van der Waals surface area contributed by atoms with Crippen LogP contribution >= 0.6 is 11.8 Å². The van der Waals surface area contributed by atoms with Gasteiger partial charge in [0.2, 0.25) is 11.8 Å². The van der Waals surface area contributed by atoms with Crippen molar-refractivity contribution in [2.75, 3.05) is 37.3 Å². The molecule has 3 aliphatic rings. The van der Waals surface area contributed by atoms with Gasteiger partial charge in [0.1, 0.15) is 11.9 Å². The van der Waals surface area contributed by atoms with Crippen molar-refractivity contribution in [2.24, 2.45) is 0 Å². The lowest BCUT2D eigenvalue weighted by Crippen LogP contribution is -2.52. The number of fused-ring (bicyclic) bond motifs is 1. The maximum atomic E-state index is 15.1. The molecule has 3 amide bonds. The largest absolute Gasteiger partial charge is 0.367 e. The highest BCUT2D eigenvalue weighted by Crippen LogP contribution is 2.33. The fraction of sp³-hybridized carbons (Fsp3) is 0.435. The second-order valence-corrected chi connectivity index (χ2v) is 9.43. The molecular weight excluding hydrogens is 459 g/mol. The molecule has 1 unspecified atom stereocenters. The summed E-state index contributed by atoms with van der Waals surface area (Å²) in [6.07, 6.45) is 4.19. The molecule has 0 bridgehead atoms. The molecule has 5 rings (SSSR count). The predicted molar refractivity (Wildman–Crippen MR) is 124 cm³/mol. The van der Waals surface area contributed by atoms with Gasteiger partial charge in [0.15, 0.2) is 5.16 Å². The Morgan fingerprint density at radius 2 is 1.97 bits per heavy atom. The lowest BCUT2D eigenvalue weighted by atomic mass is 10.0. The number of thioether (sulfide) groups is 1. The van der Waals surface area contributed by atoms with Crippen LogP contribution in [0.3, 0.4) is 0 Å². The molecule has 0 aliphatic carbocycles. The van der Waals surface area contributed by atoms with Crippen molar-refractivity contribution in [1.29, 1.82) is 0 Å². The second kappa shape index (κ2) is 9.30. The minimum absolute atomic E-state index is 0.189.